The van der Waals surface area contributed by atoms with Crippen molar-refractivity contribution in [1.82, 2.24) is 15.2 Å². The lowest BCUT2D eigenvalue weighted by Crippen LogP contribution is -2.46. The van der Waals surface area contributed by atoms with Crippen LogP contribution >= 0.6 is 0 Å². The summed E-state index contributed by atoms with van der Waals surface area (Å²) in [5, 5.41) is 3.53. The Balaban J connectivity index is 1.77. The van der Waals surface area contributed by atoms with Gasteiger partial charge in [-0.05, 0) is 31.2 Å². The summed E-state index contributed by atoms with van der Waals surface area (Å²) in [5.74, 6) is 0. The van der Waals surface area contributed by atoms with Crippen molar-refractivity contribution in [2.45, 2.75) is 26.0 Å². The molecule has 0 saturated carbocycles. The Bertz CT molecular complexity index is 344. The van der Waals surface area contributed by atoms with Crippen LogP contribution in [0.4, 0.5) is 0 Å². The lowest BCUT2D eigenvalue weighted by Gasteiger charge is -2.32. The fourth-order valence-electron chi connectivity index (χ4n) is 2.27. The zero-order chi connectivity index (χ0) is 12.8. The molecular weight excluding hydrogens is 226 g/mol. The fraction of sp³-hybridized carbons (Fsp3) is 0.643. The molecule has 0 radical (unpaired) electrons. The van der Waals surface area contributed by atoms with Crippen molar-refractivity contribution in [2.24, 2.45) is 0 Å². The molecule has 1 aliphatic rings. The van der Waals surface area contributed by atoms with Crippen molar-refractivity contribution in [1.29, 1.82) is 0 Å². The molecule has 1 aromatic heterocycles. The fourth-order valence-corrected chi connectivity index (χ4v) is 2.27. The van der Waals surface area contributed by atoms with Gasteiger partial charge in [-0.25, -0.2) is 0 Å². The summed E-state index contributed by atoms with van der Waals surface area (Å²) < 4.78 is 5.78. The van der Waals surface area contributed by atoms with Crippen LogP contribution in [-0.4, -0.2) is 48.8 Å². The van der Waals surface area contributed by atoms with Crippen LogP contribution in [0.2, 0.25) is 0 Å². The van der Waals surface area contributed by atoms with E-state index >= 15 is 0 Å². The van der Waals surface area contributed by atoms with Crippen LogP contribution in [0.1, 0.15) is 25.5 Å². The van der Waals surface area contributed by atoms with Crippen LogP contribution in [0.5, 0.6) is 0 Å². The number of ether oxygens (including phenoxy) is 1. The Labute approximate surface area is 109 Å². The van der Waals surface area contributed by atoms with Crippen molar-refractivity contribution in [3.63, 3.8) is 0 Å². The summed E-state index contributed by atoms with van der Waals surface area (Å²) in [5.41, 5.74) is 1.27. The van der Waals surface area contributed by atoms with Crippen LogP contribution in [0, 0.1) is 0 Å². The summed E-state index contributed by atoms with van der Waals surface area (Å²) in [6.07, 6.45) is 3.98. The number of pyridine rings is 1. The molecule has 0 amide bonds. The predicted molar refractivity (Wildman–Crippen MR) is 72.5 cm³/mol. The largest absolute Gasteiger partial charge is 0.374 e. The van der Waals surface area contributed by atoms with Crippen molar-refractivity contribution in [2.75, 3.05) is 32.8 Å². The Morgan fingerprint density at radius 2 is 2.28 bits per heavy atom. The first-order valence-corrected chi connectivity index (χ1v) is 6.77. The summed E-state index contributed by atoms with van der Waals surface area (Å²) >= 11 is 0. The van der Waals surface area contributed by atoms with E-state index in [2.05, 4.69) is 41.2 Å². The lowest BCUT2D eigenvalue weighted by atomic mass is 10.1. The number of rotatable bonds is 5. The van der Waals surface area contributed by atoms with Crippen molar-refractivity contribution in [3.8, 4) is 0 Å². The summed E-state index contributed by atoms with van der Waals surface area (Å²) in [7, 11) is 0. The maximum absolute atomic E-state index is 5.78. The first-order valence-electron chi connectivity index (χ1n) is 6.77. The Morgan fingerprint density at radius 1 is 1.50 bits per heavy atom. The van der Waals surface area contributed by atoms with Gasteiger partial charge in [0.1, 0.15) is 0 Å². The van der Waals surface area contributed by atoms with Gasteiger partial charge in [0.2, 0.25) is 0 Å². The minimum absolute atomic E-state index is 0.308. The van der Waals surface area contributed by atoms with Crippen LogP contribution in [0.15, 0.2) is 24.5 Å². The molecule has 18 heavy (non-hydrogen) atoms. The smallest absolute Gasteiger partial charge is 0.0826 e. The van der Waals surface area contributed by atoms with Gasteiger partial charge in [0, 0.05) is 38.1 Å². The van der Waals surface area contributed by atoms with Gasteiger partial charge in [0.25, 0.3) is 0 Å². The lowest BCUT2D eigenvalue weighted by molar-refractivity contribution is -0.0262. The van der Waals surface area contributed by atoms with E-state index in [-0.39, 0.29) is 0 Å². The maximum atomic E-state index is 5.78. The quantitative estimate of drug-likeness (QED) is 0.857. The van der Waals surface area contributed by atoms with Crippen molar-refractivity contribution >= 4 is 0 Å². The summed E-state index contributed by atoms with van der Waals surface area (Å²) in [6, 6.07) is 4.45. The molecule has 0 bridgehead atoms. The third-order valence-electron chi connectivity index (χ3n) is 3.53. The molecule has 0 aliphatic carbocycles. The van der Waals surface area contributed by atoms with Gasteiger partial charge in [0.05, 0.1) is 12.7 Å². The number of aromatic nitrogens is 1. The minimum Gasteiger partial charge on any atom is -0.374 e. The molecular formula is C14H23N3O. The van der Waals surface area contributed by atoms with E-state index in [0.717, 1.165) is 32.8 Å². The third kappa shape index (κ3) is 3.77. The van der Waals surface area contributed by atoms with E-state index in [9.17, 15) is 0 Å². The van der Waals surface area contributed by atoms with Gasteiger partial charge < -0.3 is 10.1 Å². The number of likely N-dealkylation sites (N-methyl/N-ethyl adjacent to an activating group) is 1. The molecule has 2 rings (SSSR count). The normalized spacial score (nSPS) is 22.9. The highest BCUT2D eigenvalue weighted by atomic mass is 16.5. The SMILES string of the molecule is CCN1CCOC(CNC(C)c2ccncc2)C1. The highest BCUT2D eigenvalue weighted by molar-refractivity contribution is 5.13. The van der Waals surface area contributed by atoms with Crippen LogP contribution in [0.25, 0.3) is 0 Å². The van der Waals surface area contributed by atoms with E-state index in [0.29, 0.717) is 12.1 Å². The zero-order valence-corrected chi connectivity index (χ0v) is 11.3. The number of hydrogen-bond donors (Lipinski definition) is 1. The molecule has 1 aliphatic heterocycles. The van der Waals surface area contributed by atoms with Gasteiger partial charge in [-0.2, -0.15) is 0 Å². The monoisotopic (exact) mass is 249 g/mol. The Kier molecular flexibility index (Phi) is 5.11. The third-order valence-corrected chi connectivity index (χ3v) is 3.53. The maximum Gasteiger partial charge on any atom is 0.0826 e. The molecule has 1 N–H and O–H groups in total. The van der Waals surface area contributed by atoms with Crippen molar-refractivity contribution < 1.29 is 4.74 Å². The van der Waals surface area contributed by atoms with Gasteiger partial charge in [-0.3, -0.25) is 9.88 Å². The summed E-state index contributed by atoms with van der Waals surface area (Å²) in [6.45, 7) is 9.34. The molecule has 100 valence electrons. The number of morpholine rings is 1. The molecule has 1 fully saturated rings. The van der Waals surface area contributed by atoms with E-state index in [4.69, 9.17) is 4.74 Å². The van der Waals surface area contributed by atoms with E-state index in [1.54, 1.807) is 0 Å². The van der Waals surface area contributed by atoms with Crippen LogP contribution in [-0.2, 0) is 4.74 Å². The first kappa shape index (κ1) is 13.5. The predicted octanol–water partition coefficient (Wildman–Crippen LogP) is 1.45. The molecule has 1 saturated heterocycles. The first-order chi connectivity index (χ1) is 8.79. The molecule has 0 aromatic carbocycles. The molecule has 2 unspecified atom stereocenters. The van der Waals surface area contributed by atoms with Crippen LogP contribution in [0.3, 0.4) is 0 Å². The molecule has 2 heterocycles. The number of nitrogens with one attached hydrogen (secondary N) is 1. The van der Waals surface area contributed by atoms with Gasteiger partial charge >= 0.3 is 0 Å². The average molecular weight is 249 g/mol. The summed E-state index contributed by atoms with van der Waals surface area (Å²) in [4.78, 5) is 6.48. The molecule has 4 nitrogen and oxygen atoms in total. The molecule has 1 aromatic rings. The zero-order valence-electron chi connectivity index (χ0n) is 11.3. The highest BCUT2D eigenvalue weighted by Gasteiger charge is 2.19. The second-order valence-corrected chi connectivity index (χ2v) is 4.80. The van der Waals surface area contributed by atoms with E-state index in [1.165, 1.54) is 5.56 Å². The topological polar surface area (TPSA) is 37.4 Å². The molecule has 0 spiro atoms. The Morgan fingerprint density at radius 3 is 3.00 bits per heavy atom. The Hall–Kier alpha value is -0.970. The number of nitrogens with zero attached hydrogens (tertiary/aromatic N) is 2. The molecule has 2 atom stereocenters. The molecule has 4 heteroatoms. The standard InChI is InChI=1S/C14H23N3O/c1-3-17-8-9-18-14(11-17)10-16-12(2)13-4-6-15-7-5-13/h4-7,12,14,16H,3,8-11H2,1-2H3. The minimum atomic E-state index is 0.308. The van der Waals surface area contributed by atoms with Crippen molar-refractivity contribution in [3.05, 3.63) is 30.1 Å². The van der Waals surface area contributed by atoms with Gasteiger partial charge in [-0.15, -0.1) is 0 Å². The van der Waals surface area contributed by atoms with E-state index in [1.807, 2.05) is 12.4 Å². The highest BCUT2D eigenvalue weighted by Crippen LogP contribution is 2.11. The van der Waals surface area contributed by atoms with E-state index < -0.39 is 0 Å². The van der Waals surface area contributed by atoms with Crippen LogP contribution < -0.4 is 5.32 Å². The number of hydrogen-bond acceptors (Lipinski definition) is 4. The van der Waals surface area contributed by atoms with Gasteiger partial charge in [-0.1, -0.05) is 6.92 Å². The second kappa shape index (κ2) is 6.83. The second-order valence-electron chi connectivity index (χ2n) is 4.80. The average Bonchev–Trinajstić information content (AvgIpc) is 2.46. The van der Waals surface area contributed by atoms with Gasteiger partial charge in [0.15, 0.2) is 0 Å².